The second kappa shape index (κ2) is 25.8. The molecule has 3 aliphatic carbocycles. The van der Waals surface area contributed by atoms with E-state index in [9.17, 15) is 21.6 Å². The van der Waals surface area contributed by atoms with E-state index >= 15 is 0 Å². The number of pyridine rings is 3. The smallest absolute Gasteiger partial charge is 0.219 e. The second-order valence-electron chi connectivity index (χ2n) is 28.1. The number of hydrogen-bond donors (Lipinski definition) is 0. The van der Waals surface area contributed by atoms with Crippen molar-refractivity contribution in [3.05, 3.63) is 150 Å². The Morgan fingerprint density at radius 1 is 0.469 bits per heavy atom. The Hall–Kier alpha value is -6.73. The molecule has 4 unspecified atom stereocenters. The quantitative estimate of drug-likeness (QED) is 0.129. The number of nitrogens with zero attached hydrogens (tertiary/aromatic N) is 16. The standard InChI is InChI=1S/2C24H28ClN5O2S.C22H25ClN6O/c2*1-14-8-21-19(12-29(14)22-11-23(25)28-20-5-3-4-18(20)22)24(27-13-26-21)15-9-16-6-7-17(10-15)30(16)33(2,31)32;1-14-10-19-17(12-29(14)20-11-21(23)26-18-5-3-4-16(18)20)22(25-13-24-19)28-8-6-27(7-9-28)15(2)30/h2*3-4,11,13-17H,5-10,12H2,1-2H3;3-4,11,13-14H,5-10,12H2,1-2H3/t2*14-,15?,16+,17?;14-/m111/s1. The number of fused-ring (bicyclic) bond motifs is 10. The highest BCUT2D eigenvalue weighted by atomic mass is 35.5. The van der Waals surface area contributed by atoms with E-state index in [2.05, 4.69) is 112 Å². The van der Waals surface area contributed by atoms with E-state index < -0.39 is 20.0 Å². The molecule has 0 N–H and O–H groups in total. The molecule has 9 atom stereocenters. The summed E-state index contributed by atoms with van der Waals surface area (Å²) in [4.78, 5) is 64.8. The van der Waals surface area contributed by atoms with Gasteiger partial charge in [-0.3, -0.25) is 4.79 Å². The first-order valence-electron chi connectivity index (χ1n) is 33.9. The summed E-state index contributed by atoms with van der Waals surface area (Å²) in [6.45, 7) is 13.6. The third kappa shape index (κ3) is 12.4. The highest BCUT2D eigenvalue weighted by Gasteiger charge is 2.49. The van der Waals surface area contributed by atoms with Gasteiger partial charge in [0.05, 0.1) is 58.1 Å². The van der Waals surface area contributed by atoms with Crippen LogP contribution in [0.2, 0.25) is 15.5 Å². The van der Waals surface area contributed by atoms with E-state index in [1.165, 1.54) is 34.8 Å². The highest BCUT2D eigenvalue weighted by molar-refractivity contribution is 7.88. The molecule has 0 spiro atoms. The van der Waals surface area contributed by atoms with Gasteiger partial charge in [-0.1, -0.05) is 71.3 Å². The summed E-state index contributed by atoms with van der Waals surface area (Å²) in [6.07, 6.45) is 32.8. The summed E-state index contributed by atoms with van der Waals surface area (Å²) < 4.78 is 52.9. The first-order chi connectivity index (χ1) is 46.1. The number of aromatic nitrogens is 9. The van der Waals surface area contributed by atoms with E-state index in [1.807, 2.05) is 23.1 Å². The van der Waals surface area contributed by atoms with Crippen molar-refractivity contribution < 1.29 is 21.6 Å². The van der Waals surface area contributed by atoms with Crippen LogP contribution >= 0.6 is 34.8 Å². The van der Waals surface area contributed by atoms with Crippen molar-refractivity contribution in [2.24, 2.45) is 0 Å². The number of piperidine rings is 2. The summed E-state index contributed by atoms with van der Waals surface area (Å²) in [5.41, 5.74) is 19.1. The van der Waals surface area contributed by atoms with Crippen molar-refractivity contribution in [3.63, 3.8) is 0 Å². The van der Waals surface area contributed by atoms with Crippen molar-refractivity contribution in [2.45, 2.75) is 191 Å². The van der Waals surface area contributed by atoms with Crippen LogP contribution < -0.4 is 19.6 Å². The first-order valence-corrected chi connectivity index (χ1v) is 38.8. The zero-order valence-electron chi connectivity index (χ0n) is 55.1. The fraction of sp³-hybridized carbons (Fsp3) is 0.514. The summed E-state index contributed by atoms with van der Waals surface area (Å²) >= 11 is 19.1. The highest BCUT2D eigenvalue weighted by Crippen LogP contribution is 2.49. The van der Waals surface area contributed by atoms with Gasteiger partial charge in [0.15, 0.2) is 0 Å². The molecule has 11 aliphatic rings. The van der Waals surface area contributed by atoms with Crippen molar-refractivity contribution in [1.82, 2.24) is 58.4 Å². The number of carbonyl (C=O) groups excluding carboxylic acids is 1. The predicted octanol–water partition coefficient (Wildman–Crippen LogP) is 10.1. The van der Waals surface area contributed by atoms with Crippen molar-refractivity contribution >= 4 is 102 Å². The molecule has 26 heteroatoms. The number of rotatable bonds is 8. The number of amides is 1. The average Bonchev–Trinajstić information content (AvgIpc) is 1.30. The molecule has 6 aromatic rings. The maximum absolute atomic E-state index is 12.4. The molecule has 1 amide bonds. The molecule has 6 aromatic heterocycles. The number of piperazine rings is 1. The number of halogens is 3. The molecule has 0 aromatic carbocycles. The third-order valence-corrected chi connectivity index (χ3v) is 25.4. The first kappa shape index (κ1) is 65.2. The Morgan fingerprint density at radius 3 is 1.17 bits per heavy atom. The van der Waals surface area contributed by atoms with Gasteiger partial charge in [0, 0.05) is 196 Å². The van der Waals surface area contributed by atoms with E-state index in [0.717, 1.165) is 215 Å². The molecule has 14 heterocycles. The van der Waals surface area contributed by atoms with Crippen LogP contribution in [0.1, 0.15) is 170 Å². The topological polar surface area (TPSA) is 224 Å². The van der Waals surface area contributed by atoms with Crippen molar-refractivity contribution in [2.75, 3.05) is 58.3 Å². The van der Waals surface area contributed by atoms with Crippen LogP contribution in [0.15, 0.2) is 55.4 Å². The molecular formula is C70H81Cl3N16O5S2. The van der Waals surface area contributed by atoms with Crippen LogP contribution in [0.25, 0.3) is 18.2 Å². The van der Waals surface area contributed by atoms with Gasteiger partial charge in [-0.15, -0.1) is 0 Å². The molecule has 504 valence electrons. The molecule has 5 saturated heterocycles. The predicted molar refractivity (Wildman–Crippen MR) is 376 cm³/mol. The molecule has 21 nitrogen and oxygen atoms in total. The average molecular weight is 1400 g/mol. The van der Waals surface area contributed by atoms with Gasteiger partial charge < -0.3 is 24.5 Å². The van der Waals surface area contributed by atoms with Crippen LogP contribution in [0.5, 0.6) is 0 Å². The van der Waals surface area contributed by atoms with Crippen molar-refractivity contribution in [3.8, 4) is 0 Å². The lowest BCUT2D eigenvalue weighted by Gasteiger charge is -2.40. The van der Waals surface area contributed by atoms with Gasteiger partial charge in [0.1, 0.15) is 40.3 Å². The number of anilines is 4. The molecule has 4 bridgehead atoms. The monoisotopic (exact) mass is 1390 g/mol. The number of carbonyl (C=O) groups is 1. The number of allylic oxidation sites excluding steroid dienone is 3. The molecule has 0 radical (unpaired) electrons. The Morgan fingerprint density at radius 2 is 0.812 bits per heavy atom. The largest absolute Gasteiger partial charge is 0.363 e. The molecule has 0 saturated carbocycles. The zero-order valence-corrected chi connectivity index (χ0v) is 59.0. The van der Waals surface area contributed by atoms with Crippen LogP contribution in [0.3, 0.4) is 0 Å². The third-order valence-electron chi connectivity index (χ3n) is 22.1. The van der Waals surface area contributed by atoms with Gasteiger partial charge in [-0.05, 0) is 90.3 Å². The van der Waals surface area contributed by atoms with Gasteiger partial charge >= 0.3 is 0 Å². The summed E-state index contributed by atoms with van der Waals surface area (Å²) in [7, 11) is -6.36. The zero-order chi connectivity index (χ0) is 66.6. The second-order valence-corrected chi connectivity index (χ2v) is 33.0. The summed E-state index contributed by atoms with van der Waals surface area (Å²) in [6, 6.07) is 7.12. The minimum atomic E-state index is -3.18. The summed E-state index contributed by atoms with van der Waals surface area (Å²) in [5, 5.41) is 1.59. The van der Waals surface area contributed by atoms with Gasteiger partial charge in [0.2, 0.25) is 26.0 Å². The van der Waals surface area contributed by atoms with Gasteiger partial charge in [-0.2, -0.15) is 8.61 Å². The van der Waals surface area contributed by atoms with E-state index in [-0.39, 0.29) is 54.0 Å². The Bertz CT molecular complexity index is 4210. The lowest BCUT2D eigenvalue weighted by molar-refractivity contribution is -0.129. The minimum absolute atomic E-state index is 0.0837. The number of hydrogen-bond acceptors (Lipinski definition) is 18. The summed E-state index contributed by atoms with van der Waals surface area (Å²) in [5.74, 6) is 1.65. The maximum atomic E-state index is 12.4. The molecule has 8 aliphatic heterocycles. The van der Waals surface area contributed by atoms with Gasteiger partial charge in [0.25, 0.3) is 0 Å². The molecule has 5 fully saturated rings. The normalized spacial score (nSPS) is 26.1. The van der Waals surface area contributed by atoms with Gasteiger partial charge in [-0.25, -0.2) is 61.7 Å². The van der Waals surface area contributed by atoms with Crippen molar-refractivity contribution in [1.29, 1.82) is 0 Å². The Balaban J connectivity index is 0.000000118. The Kier molecular flexibility index (Phi) is 17.6. The lowest BCUT2D eigenvalue weighted by Crippen LogP contribution is -2.49. The molecule has 96 heavy (non-hydrogen) atoms. The number of sulfonamides is 2. The fourth-order valence-corrected chi connectivity index (χ4v) is 21.3. The van der Waals surface area contributed by atoms with Crippen LogP contribution in [0, 0.1) is 0 Å². The van der Waals surface area contributed by atoms with Crippen LogP contribution in [0.4, 0.5) is 22.9 Å². The fourth-order valence-electron chi connectivity index (χ4n) is 17.8. The molecule has 17 rings (SSSR count). The molecular weight excluding hydrogens is 1320 g/mol. The van der Waals surface area contributed by atoms with Crippen LogP contribution in [-0.4, -0.2) is 162 Å². The lowest BCUT2D eigenvalue weighted by atomic mass is 9.85. The minimum Gasteiger partial charge on any atom is -0.363 e. The SMILES string of the molecule is CC(=O)N1CCN(c2ncnc3c2CN(c2cc(Cl)nc4c2C=CC4)[C@H](C)C3)CC1.C[C@@H]1Cc2ncnc(C3CC4CC[C@@H](C3)N4S(C)(=O)=O)c2CN1c1cc(Cl)nc2c1C=CC2.C[C@@H]1Cc2ncnc(C3CC4CC[C@@H](C3)N4S(C)(=O)=O)c2CN1c1cc(Cl)nc2c1C=CC2. The van der Waals surface area contributed by atoms with E-state index in [1.54, 1.807) is 34.5 Å². The van der Waals surface area contributed by atoms with Crippen LogP contribution in [-0.2, 0) is 83.0 Å². The van der Waals surface area contributed by atoms with E-state index in [0.29, 0.717) is 21.5 Å². The Labute approximate surface area is 577 Å². The maximum Gasteiger partial charge on any atom is 0.219 e. The van der Waals surface area contributed by atoms with E-state index in [4.69, 9.17) is 44.8 Å².